The SMILES string of the molecule is CCn1cnnc1CNCC(C)C. The molecule has 4 nitrogen and oxygen atoms in total. The molecule has 0 aliphatic carbocycles. The van der Waals surface area contributed by atoms with Gasteiger partial charge < -0.3 is 9.88 Å². The van der Waals surface area contributed by atoms with Crippen LogP contribution in [-0.4, -0.2) is 21.3 Å². The third kappa shape index (κ3) is 3.14. The van der Waals surface area contributed by atoms with Crippen molar-refractivity contribution < 1.29 is 0 Å². The Hall–Kier alpha value is -0.900. The second kappa shape index (κ2) is 4.97. The third-order valence-corrected chi connectivity index (χ3v) is 1.87. The number of rotatable bonds is 5. The Labute approximate surface area is 79.4 Å². The van der Waals surface area contributed by atoms with Crippen LogP contribution in [-0.2, 0) is 13.1 Å². The van der Waals surface area contributed by atoms with Crippen molar-refractivity contribution in [3.05, 3.63) is 12.2 Å². The molecular formula is C9H18N4. The molecule has 0 amide bonds. The first-order valence-corrected chi connectivity index (χ1v) is 4.81. The molecule has 0 fully saturated rings. The highest BCUT2D eigenvalue weighted by atomic mass is 15.3. The first-order chi connectivity index (χ1) is 6.24. The van der Waals surface area contributed by atoms with Gasteiger partial charge in [-0.1, -0.05) is 13.8 Å². The van der Waals surface area contributed by atoms with E-state index in [-0.39, 0.29) is 0 Å². The summed E-state index contributed by atoms with van der Waals surface area (Å²) in [6, 6.07) is 0. The van der Waals surface area contributed by atoms with Gasteiger partial charge in [0.2, 0.25) is 0 Å². The predicted octanol–water partition coefficient (Wildman–Crippen LogP) is 1.04. The fraction of sp³-hybridized carbons (Fsp3) is 0.778. The maximum atomic E-state index is 4.03. The molecule has 1 heterocycles. The van der Waals surface area contributed by atoms with Crippen LogP contribution in [0.25, 0.3) is 0 Å². The van der Waals surface area contributed by atoms with Gasteiger partial charge in [0.05, 0.1) is 6.54 Å². The first-order valence-electron chi connectivity index (χ1n) is 4.81. The van der Waals surface area contributed by atoms with Gasteiger partial charge in [-0.05, 0) is 19.4 Å². The topological polar surface area (TPSA) is 42.7 Å². The van der Waals surface area contributed by atoms with Crippen molar-refractivity contribution in [2.24, 2.45) is 5.92 Å². The van der Waals surface area contributed by atoms with E-state index in [0.29, 0.717) is 5.92 Å². The zero-order chi connectivity index (χ0) is 9.68. The number of nitrogens with one attached hydrogen (secondary N) is 1. The van der Waals surface area contributed by atoms with Crippen molar-refractivity contribution in [3.8, 4) is 0 Å². The molecule has 0 aromatic carbocycles. The average molecular weight is 182 g/mol. The first kappa shape index (κ1) is 10.2. The van der Waals surface area contributed by atoms with Crippen molar-refractivity contribution in [2.75, 3.05) is 6.54 Å². The summed E-state index contributed by atoms with van der Waals surface area (Å²) in [6.07, 6.45) is 1.77. The number of aryl methyl sites for hydroxylation is 1. The van der Waals surface area contributed by atoms with Crippen LogP contribution < -0.4 is 5.32 Å². The van der Waals surface area contributed by atoms with Crippen molar-refractivity contribution >= 4 is 0 Å². The van der Waals surface area contributed by atoms with Crippen LogP contribution in [0.15, 0.2) is 6.33 Å². The molecule has 4 heteroatoms. The number of aromatic nitrogens is 3. The van der Waals surface area contributed by atoms with E-state index in [9.17, 15) is 0 Å². The summed E-state index contributed by atoms with van der Waals surface area (Å²) in [5, 5.41) is 11.2. The molecule has 0 aliphatic heterocycles. The molecule has 0 radical (unpaired) electrons. The van der Waals surface area contributed by atoms with Crippen LogP contribution in [0.1, 0.15) is 26.6 Å². The zero-order valence-electron chi connectivity index (χ0n) is 8.62. The molecule has 1 aromatic rings. The Kier molecular flexibility index (Phi) is 3.89. The van der Waals surface area contributed by atoms with Gasteiger partial charge in [0.15, 0.2) is 0 Å². The molecule has 0 saturated heterocycles. The molecule has 0 aliphatic rings. The summed E-state index contributed by atoms with van der Waals surface area (Å²) in [5.74, 6) is 1.70. The zero-order valence-corrected chi connectivity index (χ0v) is 8.62. The van der Waals surface area contributed by atoms with E-state index in [1.54, 1.807) is 6.33 Å². The third-order valence-electron chi connectivity index (χ3n) is 1.87. The minimum Gasteiger partial charge on any atom is -0.317 e. The highest BCUT2D eigenvalue weighted by molar-refractivity contribution is 4.84. The molecule has 0 spiro atoms. The summed E-state index contributed by atoms with van der Waals surface area (Å²) in [7, 11) is 0. The molecule has 0 unspecified atom stereocenters. The standard InChI is InChI=1S/C9H18N4/c1-4-13-7-11-12-9(13)6-10-5-8(2)3/h7-8,10H,4-6H2,1-3H3. The van der Waals surface area contributed by atoms with Gasteiger partial charge in [0.1, 0.15) is 12.2 Å². The van der Waals surface area contributed by atoms with Crippen LogP contribution >= 0.6 is 0 Å². The number of hydrogen-bond donors (Lipinski definition) is 1. The molecule has 13 heavy (non-hydrogen) atoms. The quantitative estimate of drug-likeness (QED) is 0.740. The van der Waals surface area contributed by atoms with Gasteiger partial charge in [-0.25, -0.2) is 0 Å². The Morgan fingerprint density at radius 2 is 2.31 bits per heavy atom. The number of nitrogens with zero attached hydrogens (tertiary/aromatic N) is 3. The highest BCUT2D eigenvalue weighted by Crippen LogP contribution is 1.95. The van der Waals surface area contributed by atoms with E-state index in [1.165, 1.54) is 0 Å². The predicted molar refractivity (Wildman–Crippen MR) is 52.2 cm³/mol. The van der Waals surface area contributed by atoms with Crippen LogP contribution in [0, 0.1) is 5.92 Å². The lowest BCUT2D eigenvalue weighted by Crippen LogP contribution is -2.21. The Morgan fingerprint density at radius 1 is 1.54 bits per heavy atom. The Morgan fingerprint density at radius 3 is 2.92 bits per heavy atom. The maximum absolute atomic E-state index is 4.03. The van der Waals surface area contributed by atoms with Gasteiger partial charge in [0, 0.05) is 6.54 Å². The van der Waals surface area contributed by atoms with Crippen LogP contribution in [0.4, 0.5) is 0 Å². The van der Waals surface area contributed by atoms with E-state index in [0.717, 1.165) is 25.5 Å². The Bertz CT molecular complexity index is 242. The van der Waals surface area contributed by atoms with E-state index < -0.39 is 0 Å². The molecule has 0 bridgehead atoms. The fourth-order valence-electron chi connectivity index (χ4n) is 1.15. The summed E-state index contributed by atoms with van der Waals surface area (Å²) in [5.41, 5.74) is 0. The lowest BCUT2D eigenvalue weighted by Gasteiger charge is -2.07. The maximum Gasteiger partial charge on any atom is 0.146 e. The van der Waals surface area contributed by atoms with E-state index in [4.69, 9.17) is 0 Å². The number of hydrogen-bond acceptors (Lipinski definition) is 3. The van der Waals surface area contributed by atoms with E-state index >= 15 is 0 Å². The van der Waals surface area contributed by atoms with Crippen LogP contribution in [0.2, 0.25) is 0 Å². The Balaban J connectivity index is 2.36. The van der Waals surface area contributed by atoms with Gasteiger partial charge in [-0.3, -0.25) is 0 Å². The fourth-order valence-corrected chi connectivity index (χ4v) is 1.15. The van der Waals surface area contributed by atoms with Crippen LogP contribution in [0.3, 0.4) is 0 Å². The van der Waals surface area contributed by atoms with Crippen LogP contribution in [0.5, 0.6) is 0 Å². The summed E-state index contributed by atoms with van der Waals surface area (Å²) >= 11 is 0. The van der Waals surface area contributed by atoms with Gasteiger partial charge in [-0.15, -0.1) is 10.2 Å². The smallest absolute Gasteiger partial charge is 0.146 e. The van der Waals surface area contributed by atoms with E-state index in [1.807, 2.05) is 4.57 Å². The minimum absolute atomic E-state index is 0.679. The second-order valence-corrected chi connectivity index (χ2v) is 3.56. The normalized spacial score (nSPS) is 11.1. The molecule has 0 atom stereocenters. The van der Waals surface area contributed by atoms with Gasteiger partial charge >= 0.3 is 0 Å². The molecule has 1 aromatic heterocycles. The molecule has 1 N–H and O–H groups in total. The molecular weight excluding hydrogens is 164 g/mol. The largest absolute Gasteiger partial charge is 0.317 e. The lowest BCUT2D eigenvalue weighted by atomic mass is 10.2. The highest BCUT2D eigenvalue weighted by Gasteiger charge is 2.01. The minimum atomic E-state index is 0.679. The van der Waals surface area contributed by atoms with E-state index in [2.05, 4.69) is 36.3 Å². The van der Waals surface area contributed by atoms with Gasteiger partial charge in [0.25, 0.3) is 0 Å². The molecule has 1 rings (SSSR count). The van der Waals surface area contributed by atoms with Crippen molar-refractivity contribution in [1.29, 1.82) is 0 Å². The monoisotopic (exact) mass is 182 g/mol. The summed E-state index contributed by atoms with van der Waals surface area (Å²) < 4.78 is 2.05. The molecule has 0 saturated carbocycles. The lowest BCUT2D eigenvalue weighted by molar-refractivity contribution is 0.530. The molecule has 74 valence electrons. The van der Waals surface area contributed by atoms with Crippen molar-refractivity contribution in [2.45, 2.75) is 33.9 Å². The van der Waals surface area contributed by atoms with Gasteiger partial charge in [-0.2, -0.15) is 0 Å². The second-order valence-electron chi connectivity index (χ2n) is 3.56. The average Bonchev–Trinajstić information content (AvgIpc) is 2.51. The van der Waals surface area contributed by atoms with Crippen molar-refractivity contribution in [1.82, 2.24) is 20.1 Å². The van der Waals surface area contributed by atoms with Crippen molar-refractivity contribution in [3.63, 3.8) is 0 Å². The summed E-state index contributed by atoms with van der Waals surface area (Å²) in [4.78, 5) is 0. The summed E-state index contributed by atoms with van der Waals surface area (Å²) in [6.45, 7) is 9.25.